The van der Waals surface area contributed by atoms with E-state index in [4.69, 9.17) is 11.6 Å². The summed E-state index contributed by atoms with van der Waals surface area (Å²) in [5.41, 5.74) is 5.05. The van der Waals surface area contributed by atoms with Crippen molar-refractivity contribution >= 4 is 11.6 Å². The second-order valence-corrected chi connectivity index (χ2v) is 8.14. The number of benzene rings is 3. The Kier molecular flexibility index (Phi) is 6.11. The maximum atomic E-state index is 6.34. The number of piperazine rings is 1. The van der Waals surface area contributed by atoms with Crippen LogP contribution in [0.4, 0.5) is 0 Å². The molecule has 0 spiro atoms. The number of nitrogens with zero attached hydrogens (tertiary/aromatic N) is 2. The molecule has 1 unspecified atom stereocenters. The Balaban J connectivity index is 1.40. The van der Waals surface area contributed by atoms with Crippen molar-refractivity contribution in [3.05, 3.63) is 95.0 Å². The molecule has 0 aliphatic carbocycles. The number of likely N-dealkylation sites (N-methyl/N-ethyl adjacent to an activating group) is 1. The maximum Gasteiger partial charge on any atom is 0.0484 e. The highest BCUT2D eigenvalue weighted by molar-refractivity contribution is 6.33. The monoisotopic (exact) mass is 390 g/mol. The topological polar surface area (TPSA) is 6.48 Å². The standard InChI is InChI=1S/C25H27ClN2/c1-27-15-16-28(19-23(27)17-20-7-3-2-4-8-20)18-21-11-13-22(14-12-21)24-9-5-6-10-25(24)26/h2-14,23H,15-19H2,1H3. The molecule has 0 aromatic heterocycles. The first-order chi connectivity index (χ1) is 13.7. The van der Waals surface area contributed by atoms with Crippen molar-refractivity contribution in [2.75, 3.05) is 26.7 Å². The van der Waals surface area contributed by atoms with Gasteiger partial charge in [0.2, 0.25) is 0 Å². The first-order valence-corrected chi connectivity index (χ1v) is 10.4. The molecule has 2 nitrogen and oxygen atoms in total. The van der Waals surface area contributed by atoms with Gasteiger partial charge in [-0.15, -0.1) is 0 Å². The van der Waals surface area contributed by atoms with Gasteiger partial charge in [0.05, 0.1) is 0 Å². The highest BCUT2D eigenvalue weighted by Gasteiger charge is 2.24. The zero-order chi connectivity index (χ0) is 19.3. The summed E-state index contributed by atoms with van der Waals surface area (Å²) in [5, 5.41) is 0.804. The number of rotatable bonds is 5. The number of halogens is 1. The van der Waals surface area contributed by atoms with E-state index in [-0.39, 0.29) is 0 Å². The molecule has 28 heavy (non-hydrogen) atoms. The molecule has 1 aliphatic rings. The van der Waals surface area contributed by atoms with Gasteiger partial charge in [-0.25, -0.2) is 0 Å². The summed E-state index contributed by atoms with van der Waals surface area (Å²) in [4.78, 5) is 5.09. The lowest BCUT2D eigenvalue weighted by Crippen LogP contribution is -2.51. The largest absolute Gasteiger partial charge is 0.301 e. The van der Waals surface area contributed by atoms with Crippen LogP contribution in [0.25, 0.3) is 11.1 Å². The molecule has 1 aliphatic heterocycles. The van der Waals surface area contributed by atoms with Gasteiger partial charge in [0.15, 0.2) is 0 Å². The Labute approximate surface area is 173 Å². The Bertz CT molecular complexity index is 892. The summed E-state index contributed by atoms with van der Waals surface area (Å²) >= 11 is 6.34. The van der Waals surface area contributed by atoms with Crippen molar-refractivity contribution in [2.45, 2.75) is 19.0 Å². The molecule has 0 amide bonds. The van der Waals surface area contributed by atoms with Gasteiger partial charge in [-0.1, -0.05) is 84.4 Å². The SMILES string of the molecule is CN1CCN(Cc2ccc(-c3ccccc3Cl)cc2)CC1Cc1ccccc1. The van der Waals surface area contributed by atoms with Crippen LogP contribution in [0, 0.1) is 0 Å². The molecule has 0 N–H and O–H groups in total. The lowest BCUT2D eigenvalue weighted by atomic mass is 10.0. The molecule has 0 bridgehead atoms. The van der Waals surface area contributed by atoms with Gasteiger partial charge in [0.1, 0.15) is 0 Å². The summed E-state index contributed by atoms with van der Waals surface area (Å²) < 4.78 is 0. The third-order valence-electron chi connectivity index (χ3n) is 5.72. The zero-order valence-electron chi connectivity index (χ0n) is 16.4. The van der Waals surface area contributed by atoms with E-state index in [1.807, 2.05) is 18.2 Å². The van der Waals surface area contributed by atoms with Crippen molar-refractivity contribution in [1.82, 2.24) is 9.80 Å². The van der Waals surface area contributed by atoms with E-state index >= 15 is 0 Å². The maximum absolute atomic E-state index is 6.34. The Morgan fingerprint density at radius 1 is 0.821 bits per heavy atom. The van der Waals surface area contributed by atoms with E-state index in [1.54, 1.807) is 0 Å². The van der Waals surface area contributed by atoms with Gasteiger partial charge in [-0.3, -0.25) is 4.90 Å². The summed E-state index contributed by atoms with van der Waals surface area (Å²) in [6, 6.07) is 28.3. The van der Waals surface area contributed by atoms with Crippen LogP contribution in [-0.2, 0) is 13.0 Å². The fraction of sp³-hybridized carbons (Fsp3) is 0.280. The van der Waals surface area contributed by atoms with Crippen LogP contribution >= 0.6 is 11.6 Å². The van der Waals surface area contributed by atoms with Gasteiger partial charge in [0.25, 0.3) is 0 Å². The Morgan fingerprint density at radius 2 is 1.54 bits per heavy atom. The van der Waals surface area contributed by atoms with Crippen LogP contribution in [0.1, 0.15) is 11.1 Å². The highest BCUT2D eigenvalue weighted by Crippen LogP contribution is 2.28. The average Bonchev–Trinajstić information content (AvgIpc) is 2.72. The molecule has 1 atom stereocenters. The molecule has 3 aromatic carbocycles. The van der Waals surface area contributed by atoms with Crippen LogP contribution in [0.2, 0.25) is 5.02 Å². The van der Waals surface area contributed by atoms with Crippen molar-refractivity contribution in [1.29, 1.82) is 0 Å². The van der Waals surface area contributed by atoms with Crippen molar-refractivity contribution in [2.24, 2.45) is 0 Å². The molecule has 1 heterocycles. The lowest BCUT2D eigenvalue weighted by Gasteiger charge is -2.39. The normalized spacial score (nSPS) is 18.3. The molecule has 0 radical (unpaired) electrons. The van der Waals surface area contributed by atoms with E-state index in [1.165, 1.54) is 16.7 Å². The summed E-state index contributed by atoms with van der Waals surface area (Å²) in [5.74, 6) is 0. The zero-order valence-corrected chi connectivity index (χ0v) is 17.1. The van der Waals surface area contributed by atoms with E-state index in [0.29, 0.717) is 6.04 Å². The van der Waals surface area contributed by atoms with E-state index < -0.39 is 0 Å². The Hall–Kier alpha value is -2.13. The Morgan fingerprint density at radius 3 is 2.29 bits per heavy atom. The van der Waals surface area contributed by atoms with E-state index in [2.05, 4.69) is 77.5 Å². The van der Waals surface area contributed by atoms with Crippen LogP contribution < -0.4 is 0 Å². The van der Waals surface area contributed by atoms with Crippen molar-refractivity contribution in [3.63, 3.8) is 0 Å². The summed E-state index contributed by atoms with van der Waals surface area (Å²) in [6.45, 7) is 4.35. The van der Waals surface area contributed by atoms with Crippen LogP contribution in [0.15, 0.2) is 78.9 Å². The molecule has 1 fully saturated rings. The number of hydrogen-bond acceptors (Lipinski definition) is 2. The van der Waals surface area contributed by atoms with Gasteiger partial charge < -0.3 is 4.90 Å². The second kappa shape index (κ2) is 8.91. The lowest BCUT2D eigenvalue weighted by molar-refractivity contribution is 0.0905. The first-order valence-electron chi connectivity index (χ1n) is 9.99. The number of hydrogen-bond donors (Lipinski definition) is 0. The van der Waals surface area contributed by atoms with Crippen molar-refractivity contribution < 1.29 is 0 Å². The van der Waals surface area contributed by atoms with E-state index in [9.17, 15) is 0 Å². The minimum atomic E-state index is 0.568. The minimum Gasteiger partial charge on any atom is -0.301 e. The minimum absolute atomic E-state index is 0.568. The molecule has 0 saturated carbocycles. The highest BCUT2D eigenvalue weighted by atomic mass is 35.5. The fourth-order valence-corrected chi connectivity index (χ4v) is 4.25. The van der Waals surface area contributed by atoms with Crippen molar-refractivity contribution in [3.8, 4) is 11.1 Å². The van der Waals surface area contributed by atoms with Crippen LogP contribution in [0.5, 0.6) is 0 Å². The third kappa shape index (κ3) is 4.64. The van der Waals surface area contributed by atoms with Gasteiger partial charge >= 0.3 is 0 Å². The van der Waals surface area contributed by atoms with Crippen LogP contribution in [-0.4, -0.2) is 42.5 Å². The molecule has 3 aromatic rings. The first kappa shape index (κ1) is 19.2. The van der Waals surface area contributed by atoms with E-state index in [0.717, 1.165) is 43.2 Å². The summed E-state index contributed by atoms with van der Waals surface area (Å²) in [7, 11) is 2.25. The fourth-order valence-electron chi connectivity index (χ4n) is 4.00. The molecule has 3 heteroatoms. The molecule has 4 rings (SSSR count). The van der Waals surface area contributed by atoms with Crippen LogP contribution in [0.3, 0.4) is 0 Å². The predicted octanol–water partition coefficient (Wildman–Crippen LogP) is 5.37. The molecule has 144 valence electrons. The van der Waals surface area contributed by atoms with Gasteiger partial charge in [-0.2, -0.15) is 0 Å². The average molecular weight is 391 g/mol. The van der Waals surface area contributed by atoms with Gasteiger partial charge in [0, 0.05) is 42.8 Å². The molecule has 1 saturated heterocycles. The predicted molar refractivity (Wildman–Crippen MR) is 119 cm³/mol. The quantitative estimate of drug-likeness (QED) is 0.578. The second-order valence-electron chi connectivity index (χ2n) is 7.74. The third-order valence-corrected chi connectivity index (χ3v) is 6.05. The molecular formula is C25H27ClN2. The smallest absolute Gasteiger partial charge is 0.0484 e. The van der Waals surface area contributed by atoms with Gasteiger partial charge in [-0.05, 0) is 36.2 Å². The summed E-state index contributed by atoms with van der Waals surface area (Å²) in [6.07, 6.45) is 1.11. The molecular weight excluding hydrogens is 364 g/mol.